The highest BCUT2D eigenvalue weighted by molar-refractivity contribution is 6.23. The van der Waals surface area contributed by atoms with Gasteiger partial charge in [-0.3, -0.25) is 14.5 Å². The van der Waals surface area contributed by atoms with Gasteiger partial charge < -0.3 is 15.2 Å². The number of para-hydroxylation sites is 1. The number of carbonyl (C=O) groups is 3. The summed E-state index contributed by atoms with van der Waals surface area (Å²) < 4.78 is 10.9. The number of hydrogen-bond donors (Lipinski definition) is 1. The Morgan fingerprint density at radius 1 is 1.34 bits per heavy atom. The second-order valence-corrected chi connectivity index (χ2v) is 7.00. The first-order valence-corrected chi connectivity index (χ1v) is 9.45. The summed E-state index contributed by atoms with van der Waals surface area (Å²) in [6, 6.07) is 6.97. The molecule has 148 valence electrons. The minimum Gasteiger partial charge on any atom is -0.462 e. The summed E-state index contributed by atoms with van der Waals surface area (Å²) in [7, 11) is 0. The molecule has 1 amide bonds. The molecule has 29 heavy (non-hydrogen) atoms. The summed E-state index contributed by atoms with van der Waals surface area (Å²) in [5, 5.41) is 0. The van der Waals surface area contributed by atoms with Crippen LogP contribution in [0.1, 0.15) is 31.7 Å². The van der Waals surface area contributed by atoms with Crippen molar-refractivity contribution in [2.24, 2.45) is 5.73 Å². The van der Waals surface area contributed by atoms with Crippen molar-refractivity contribution in [2.75, 3.05) is 18.1 Å². The summed E-state index contributed by atoms with van der Waals surface area (Å²) in [5.41, 5.74) is 5.47. The molecule has 0 saturated carbocycles. The van der Waals surface area contributed by atoms with E-state index in [1.54, 1.807) is 31.2 Å². The number of Topliss-reactive ketones (excluding diaryl/α,β-unsaturated/α-hetero) is 1. The second-order valence-electron chi connectivity index (χ2n) is 7.00. The number of ether oxygens (including phenoxy) is 2. The van der Waals surface area contributed by atoms with Gasteiger partial charge in [-0.2, -0.15) is 0 Å². The molecule has 1 aliphatic carbocycles. The number of allylic oxidation sites excluding steroid dienone is 1. The lowest BCUT2D eigenvalue weighted by Gasteiger charge is -2.38. The zero-order valence-corrected chi connectivity index (χ0v) is 16.0. The molecule has 7 nitrogen and oxygen atoms in total. The van der Waals surface area contributed by atoms with E-state index < -0.39 is 17.3 Å². The first kappa shape index (κ1) is 18.8. The lowest BCUT2D eigenvalue weighted by atomic mass is 9.64. The minimum absolute atomic E-state index is 0.00866. The van der Waals surface area contributed by atoms with E-state index in [2.05, 4.69) is 5.92 Å². The predicted octanol–water partition coefficient (Wildman–Crippen LogP) is 1.67. The minimum atomic E-state index is -1.71. The van der Waals surface area contributed by atoms with Gasteiger partial charge in [0.05, 0.1) is 18.7 Å². The zero-order valence-electron chi connectivity index (χ0n) is 16.0. The molecule has 4 rings (SSSR count). The van der Waals surface area contributed by atoms with Gasteiger partial charge in [-0.1, -0.05) is 24.1 Å². The third-order valence-corrected chi connectivity index (χ3v) is 5.49. The fraction of sp³-hybridized carbons (Fsp3) is 0.318. The Bertz CT molecular complexity index is 1050. The van der Waals surface area contributed by atoms with E-state index in [1.807, 2.05) is 0 Å². The van der Waals surface area contributed by atoms with Crippen LogP contribution in [0.4, 0.5) is 5.69 Å². The molecule has 0 saturated heterocycles. The Balaban J connectivity index is 2.09. The summed E-state index contributed by atoms with van der Waals surface area (Å²) in [4.78, 5) is 41.4. The molecule has 1 aromatic rings. The normalized spacial score (nSPS) is 23.0. The number of amides is 1. The van der Waals surface area contributed by atoms with Crippen LogP contribution in [0.5, 0.6) is 0 Å². The topological polar surface area (TPSA) is 98.9 Å². The highest BCUT2D eigenvalue weighted by Gasteiger charge is 2.63. The lowest BCUT2D eigenvalue weighted by molar-refractivity contribution is -0.141. The number of benzene rings is 1. The number of esters is 1. The zero-order chi connectivity index (χ0) is 20.8. The standard InChI is InChI=1S/C22H20N2O5/c1-3-12-24-14-9-6-5-8-13(14)22(21(24)27)17-15(25)10-7-11-16(17)29-19(23)18(22)20(26)28-4-2/h1,5-6,8-9H,4,7,10-12,23H2,2H3/t22-/m1/s1. The van der Waals surface area contributed by atoms with Gasteiger partial charge in [0, 0.05) is 24.1 Å². The lowest BCUT2D eigenvalue weighted by Crippen LogP contribution is -2.51. The Morgan fingerprint density at radius 3 is 2.83 bits per heavy atom. The Labute approximate surface area is 168 Å². The number of carbonyl (C=O) groups excluding carboxylic acids is 3. The van der Waals surface area contributed by atoms with E-state index >= 15 is 0 Å². The number of nitrogens with zero attached hydrogens (tertiary/aromatic N) is 1. The number of nitrogens with two attached hydrogens (primary N) is 1. The second kappa shape index (κ2) is 6.82. The first-order valence-electron chi connectivity index (χ1n) is 9.45. The van der Waals surface area contributed by atoms with E-state index in [0.29, 0.717) is 29.9 Å². The van der Waals surface area contributed by atoms with E-state index in [0.717, 1.165) is 0 Å². The maximum Gasteiger partial charge on any atom is 0.341 e. The molecular formula is C22H20N2O5. The number of anilines is 1. The molecular weight excluding hydrogens is 372 g/mol. The SMILES string of the molecule is C#CCN1C(=O)[C@]2(C(C(=O)OCC)=C(N)OC3=C2C(=O)CCC3)c2ccccc21. The van der Waals surface area contributed by atoms with E-state index in [-0.39, 0.29) is 42.4 Å². The van der Waals surface area contributed by atoms with E-state index in [1.165, 1.54) is 4.90 Å². The fourth-order valence-electron chi connectivity index (χ4n) is 4.47. The van der Waals surface area contributed by atoms with Crippen molar-refractivity contribution in [3.8, 4) is 12.3 Å². The molecule has 2 aliphatic heterocycles. The number of hydrogen-bond acceptors (Lipinski definition) is 6. The maximum atomic E-state index is 13.9. The molecule has 3 aliphatic rings. The number of terminal acetylenes is 1. The monoisotopic (exact) mass is 392 g/mol. The fourth-order valence-corrected chi connectivity index (χ4v) is 4.47. The van der Waals surface area contributed by atoms with Crippen molar-refractivity contribution in [3.05, 3.63) is 52.6 Å². The van der Waals surface area contributed by atoms with Crippen LogP contribution < -0.4 is 10.6 Å². The van der Waals surface area contributed by atoms with Gasteiger partial charge in [0.15, 0.2) is 5.78 Å². The van der Waals surface area contributed by atoms with Crippen LogP contribution in [0.3, 0.4) is 0 Å². The molecule has 7 heteroatoms. The molecule has 0 bridgehead atoms. The number of fused-ring (bicyclic) bond motifs is 3. The van der Waals surface area contributed by atoms with Crippen LogP contribution in [-0.2, 0) is 29.3 Å². The highest BCUT2D eigenvalue weighted by atomic mass is 16.5. The molecule has 0 radical (unpaired) electrons. The van der Waals surface area contributed by atoms with Crippen molar-refractivity contribution in [1.29, 1.82) is 0 Å². The molecule has 1 aromatic carbocycles. The van der Waals surface area contributed by atoms with Crippen LogP contribution in [0, 0.1) is 12.3 Å². The van der Waals surface area contributed by atoms with Gasteiger partial charge in [-0.05, 0) is 19.4 Å². The molecule has 2 N–H and O–H groups in total. The molecule has 0 fully saturated rings. The van der Waals surface area contributed by atoms with Gasteiger partial charge in [0.2, 0.25) is 11.8 Å². The van der Waals surface area contributed by atoms with Crippen LogP contribution in [-0.4, -0.2) is 30.8 Å². The van der Waals surface area contributed by atoms with Crippen LogP contribution in [0.25, 0.3) is 0 Å². The molecule has 0 aromatic heterocycles. The van der Waals surface area contributed by atoms with Crippen LogP contribution in [0.15, 0.2) is 47.1 Å². The number of rotatable bonds is 3. The van der Waals surface area contributed by atoms with Gasteiger partial charge in [-0.25, -0.2) is 4.79 Å². The van der Waals surface area contributed by atoms with E-state index in [4.69, 9.17) is 21.6 Å². The van der Waals surface area contributed by atoms with Gasteiger partial charge in [0.25, 0.3) is 0 Å². The third kappa shape index (κ3) is 2.42. The summed E-state index contributed by atoms with van der Waals surface area (Å²) >= 11 is 0. The Morgan fingerprint density at radius 2 is 2.10 bits per heavy atom. The molecule has 1 atom stereocenters. The first-order chi connectivity index (χ1) is 14.0. The summed E-state index contributed by atoms with van der Waals surface area (Å²) in [6.45, 7) is 1.72. The van der Waals surface area contributed by atoms with Gasteiger partial charge in [-0.15, -0.1) is 6.42 Å². The molecule has 0 unspecified atom stereocenters. The van der Waals surface area contributed by atoms with Gasteiger partial charge in [0.1, 0.15) is 16.7 Å². The average Bonchev–Trinajstić information content (AvgIpc) is 2.92. The Hall–Kier alpha value is -3.53. The predicted molar refractivity (Wildman–Crippen MR) is 104 cm³/mol. The molecule has 1 spiro atoms. The van der Waals surface area contributed by atoms with Crippen molar-refractivity contribution >= 4 is 23.3 Å². The third-order valence-electron chi connectivity index (χ3n) is 5.49. The quantitative estimate of drug-likeness (QED) is 0.621. The largest absolute Gasteiger partial charge is 0.462 e. The van der Waals surface area contributed by atoms with Crippen LogP contribution in [0.2, 0.25) is 0 Å². The van der Waals surface area contributed by atoms with Crippen molar-refractivity contribution < 1.29 is 23.9 Å². The van der Waals surface area contributed by atoms with Crippen molar-refractivity contribution in [2.45, 2.75) is 31.6 Å². The number of ketones is 1. The van der Waals surface area contributed by atoms with Crippen molar-refractivity contribution in [3.63, 3.8) is 0 Å². The van der Waals surface area contributed by atoms with Crippen molar-refractivity contribution in [1.82, 2.24) is 0 Å². The maximum absolute atomic E-state index is 13.9. The molecule has 2 heterocycles. The Kier molecular flexibility index (Phi) is 4.42. The van der Waals surface area contributed by atoms with Crippen LogP contribution >= 0.6 is 0 Å². The summed E-state index contributed by atoms with van der Waals surface area (Å²) in [5.74, 6) is 1.06. The van der Waals surface area contributed by atoms with Gasteiger partial charge >= 0.3 is 5.97 Å². The smallest absolute Gasteiger partial charge is 0.341 e. The van der Waals surface area contributed by atoms with E-state index in [9.17, 15) is 14.4 Å². The highest BCUT2D eigenvalue weighted by Crippen LogP contribution is 2.55. The average molecular weight is 392 g/mol. The summed E-state index contributed by atoms with van der Waals surface area (Å²) in [6.07, 6.45) is 6.78.